The lowest BCUT2D eigenvalue weighted by Crippen LogP contribution is -2.08. The summed E-state index contributed by atoms with van der Waals surface area (Å²) in [6.45, 7) is 1.83. The van der Waals surface area contributed by atoms with Gasteiger partial charge in [0.2, 0.25) is 5.95 Å². The Balaban J connectivity index is 2.09. The molecule has 94 valence electrons. The summed E-state index contributed by atoms with van der Waals surface area (Å²) in [5.41, 5.74) is 1.50. The summed E-state index contributed by atoms with van der Waals surface area (Å²) in [4.78, 5) is 18.2. The number of nitrogens with one attached hydrogen (secondary N) is 2. The van der Waals surface area contributed by atoms with Crippen LogP contribution in [0.25, 0.3) is 6.08 Å². The van der Waals surface area contributed by atoms with Crippen LogP contribution in [0, 0.1) is 6.92 Å². The third-order valence-electron chi connectivity index (χ3n) is 2.34. The van der Waals surface area contributed by atoms with Crippen molar-refractivity contribution in [3.05, 3.63) is 34.9 Å². The van der Waals surface area contributed by atoms with Crippen LogP contribution in [0.5, 0.6) is 0 Å². The van der Waals surface area contributed by atoms with Gasteiger partial charge in [0, 0.05) is 31.1 Å². The van der Waals surface area contributed by atoms with Crippen LogP contribution >= 0.6 is 11.6 Å². The molecule has 2 aromatic rings. The van der Waals surface area contributed by atoms with Gasteiger partial charge in [0.05, 0.1) is 5.69 Å². The summed E-state index contributed by atoms with van der Waals surface area (Å²) in [7, 11) is 1.75. The number of carbonyl (C=O) groups is 1. The van der Waals surface area contributed by atoms with Gasteiger partial charge in [-0.1, -0.05) is 11.6 Å². The highest BCUT2D eigenvalue weighted by molar-refractivity contribution is 6.31. The Morgan fingerprint density at radius 1 is 1.61 bits per heavy atom. The topological polar surface area (TPSA) is 75.6 Å². The second-order valence-corrected chi connectivity index (χ2v) is 4.03. The van der Waals surface area contributed by atoms with Crippen LogP contribution in [0.15, 0.2) is 18.5 Å². The lowest BCUT2D eigenvalue weighted by Gasteiger charge is -1.96. The Hall–Kier alpha value is -2.08. The van der Waals surface area contributed by atoms with Crippen LogP contribution in [0.1, 0.15) is 11.3 Å². The first kappa shape index (κ1) is 12.4. The zero-order valence-electron chi connectivity index (χ0n) is 9.94. The van der Waals surface area contributed by atoms with E-state index in [1.54, 1.807) is 30.2 Å². The van der Waals surface area contributed by atoms with E-state index >= 15 is 0 Å². The molecule has 0 aliphatic carbocycles. The molecule has 0 saturated carbocycles. The fourth-order valence-electron chi connectivity index (χ4n) is 1.49. The van der Waals surface area contributed by atoms with Gasteiger partial charge in [-0.05, 0) is 13.0 Å². The number of hydrogen-bond donors (Lipinski definition) is 2. The van der Waals surface area contributed by atoms with Gasteiger partial charge < -0.3 is 4.98 Å². The minimum atomic E-state index is -0.288. The fraction of sp³-hybridized carbons (Fsp3) is 0.182. The number of H-pyrrole nitrogens is 1. The van der Waals surface area contributed by atoms with Crippen LogP contribution in [0.3, 0.4) is 0 Å². The third kappa shape index (κ3) is 2.60. The number of imidazole rings is 1. The van der Waals surface area contributed by atoms with E-state index in [2.05, 4.69) is 20.4 Å². The number of rotatable bonds is 3. The molecule has 0 fully saturated rings. The van der Waals surface area contributed by atoms with Crippen molar-refractivity contribution in [3.63, 3.8) is 0 Å². The molecule has 0 aliphatic heterocycles. The first-order chi connectivity index (χ1) is 8.58. The molecular weight excluding hydrogens is 254 g/mol. The summed E-state index contributed by atoms with van der Waals surface area (Å²) in [6.07, 6.45) is 6.20. The number of nitrogens with zero attached hydrogens (tertiary/aromatic N) is 3. The number of halogens is 1. The quantitative estimate of drug-likeness (QED) is 0.831. The van der Waals surface area contributed by atoms with E-state index in [0.29, 0.717) is 11.1 Å². The van der Waals surface area contributed by atoms with Gasteiger partial charge in [0.25, 0.3) is 5.91 Å². The number of aryl methyl sites for hydroxylation is 2. The molecule has 0 saturated heterocycles. The maximum absolute atomic E-state index is 11.6. The molecule has 0 spiro atoms. The predicted molar refractivity (Wildman–Crippen MR) is 69.2 cm³/mol. The maximum Gasteiger partial charge on any atom is 0.250 e. The number of aromatic amines is 1. The third-order valence-corrected chi connectivity index (χ3v) is 2.79. The molecule has 0 bridgehead atoms. The van der Waals surface area contributed by atoms with Gasteiger partial charge in [0.1, 0.15) is 5.15 Å². The molecule has 2 heterocycles. The SMILES string of the molecule is Cc1nn(C)c(Cl)c1C=CC(=O)Nc1ncc[nH]1. The van der Waals surface area contributed by atoms with Gasteiger partial charge >= 0.3 is 0 Å². The van der Waals surface area contributed by atoms with E-state index in [4.69, 9.17) is 11.6 Å². The van der Waals surface area contributed by atoms with Crippen LogP contribution in [-0.2, 0) is 11.8 Å². The molecule has 2 N–H and O–H groups in total. The van der Waals surface area contributed by atoms with E-state index in [1.165, 1.54) is 6.08 Å². The first-order valence-corrected chi connectivity index (χ1v) is 5.63. The molecule has 2 rings (SSSR count). The van der Waals surface area contributed by atoms with Crippen molar-refractivity contribution in [1.29, 1.82) is 0 Å². The fourth-order valence-corrected chi connectivity index (χ4v) is 1.72. The number of amides is 1. The highest BCUT2D eigenvalue weighted by Gasteiger charge is 2.08. The molecule has 0 atom stereocenters. The Morgan fingerprint density at radius 3 is 2.94 bits per heavy atom. The summed E-state index contributed by atoms with van der Waals surface area (Å²) >= 11 is 6.04. The molecule has 6 nitrogen and oxygen atoms in total. The molecule has 18 heavy (non-hydrogen) atoms. The van der Waals surface area contributed by atoms with E-state index in [-0.39, 0.29) is 5.91 Å². The Labute approximate surface area is 109 Å². The summed E-state index contributed by atoms with van der Waals surface area (Å²) in [5.74, 6) is 0.114. The minimum absolute atomic E-state index is 0.288. The first-order valence-electron chi connectivity index (χ1n) is 5.25. The van der Waals surface area contributed by atoms with Crippen LogP contribution in [-0.4, -0.2) is 25.7 Å². The standard InChI is InChI=1S/C11H12ClN5O/c1-7-8(10(12)17(2)16-7)3-4-9(18)15-11-13-5-6-14-11/h3-6H,1-2H3,(H2,13,14,15,18). The van der Waals surface area contributed by atoms with Crippen molar-refractivity contribution in [1.82, 2.24) is 19.7 Å². The lowest BCUT2D eigenvalue weighted by atomic mass is 10.2. The maximum atomic E-state index is 11.6. The van der Waals surface area contributed by atoms with Gasteiger partial charge in [-0.2, -0.15) is 5.10 Å². The smallest absolute Gasteiger partial charge is 0.250 e. The molecule has 0 aliphatic rings. The zero-order chi connectivity index (χ0) is 13.1. The monoisotopic (exact) mass is 265 g/mol. The van der Waals surface area contributed by atoms with Crippen molar-refractivity contribution in [2.75, 3.05) is 5.32 Å². The highest BCUT2D eigenvalue weighted by Crippen LogP contribution is 2.19. The van der Waals surface area contributed by atoms with Gasteiger partial charge in [0.15, 0.2) is 0 Å². The Kier molecular flexibility index (Phi) is 3.47. The molecule has 1 amide bonds. The van der Waals surface area contributed by atoms with Gasteiger partial charge in [-0.25, -0.2) is 4.98 Å². The number of hydrogen-bond acceptors (Lipinski definition) is 3. The van der Waals surface area contributed by atoms with Crippen molar-refractivity contribution in [2.24, 2.45) is 7.05 Å². The number of anilines is 1. The van der Waals surface area contributed by atoms with E-state index in [9.17, 15) is 4.79 Å². The van der Waals surface area contributed by atoms with Crippen molar-refractivity contribution >= 4 is 29.5 Å². The molecule has 2 aromatic heterocycles. The molecular formula is C11H12ClN5O. The number of carbonyl (C=O) groups excluding carboxylic acids is 1. The van der Waals surface area contributed by atoms with E-state index in [0.717, 1.165) is 11.3 Å². The van der Waals surface area contributed by atoms with Gasteiger partial charge in [-0.3, -0.25) is 14.8 Å². The molecule has 0 radical (unpaired) electrons. The van der Waals surface area contributed by atoms with Gasteiger partial charge in [-0.15, -0.1) is 0 Å². The molecule has 0 aromatic carbocycles. The molecule has 7 heteroatoms. The second-order valence-electron chi connectivity index (χ2n) is 3.67. The Bertz CT molecular complexity index is 585. The van der Waals surface area contributed by atoms with E-state index in [1.807, 2.05) is 6.92 Å². The lowest BCUT2D eigenvalue weighted by molar-refractivity contribution is -0.111. The largest absolute Gasteiger partial charge is 0.331 e. The van der Waals surface area contributed by atoms with Crippen molar-refractivity contribution < 1.29 is 4.79 Å². The highest BCUT2D eigenvalue weighted by atomic mass is 35.5. The number of aromatic nitrogens is 4. The average Bonchev–Trinajstić information content (AvgIpc) is 2.88. The minimum Gasteiger partial charge on any atom is -0.331 e. The summed E-state index contributed by atoms with van der Waals surface area (Å²) < 4.78 is 1.56. The van der Waals surface area contributed by atoms with Crippen molar-refractivity contribution in [2.45, 2.75) is 6.92 Å². The summed E-state index contributed by atoms with van der Waals surface area (Å²) in [6, 6.07) is 0. The summed E-state index contributed by atoms with van der Waals surface area (Å²) in [5, 5.41) is 7.22. The average molecular weight is 266 g/mol. The van der Waals surface area contributed by atoms with Crippen LogP contribution in [0.4, 0.5) is 5.95 Å². The normalized spacial score (nSPS) is 11.1. The second kappa shape index (κ2) is 5.05. The van der Waals surface area contributed by atoms with Crippen LogP contribution < -0.4 is 5.32 Å². The van der Waals surface area contributed by atoms with Crippen molar-refractivity contribution in [3.8, 4) is 0 Å². The van der Waals surface area contributed by atoms with E-state index < -0.39 is 0 Å². The zero-order valence-corrected chi connectivity index (χ0v) is 10.7. The predicted octanol–water partition coefficient (Wildman–Crippen LogP) is 1.76. The van der Waals surface area contributed by atoms with Crippen LogP contribution in [0.2, 0.25) is 5.15 Å². The Morgan fingerprint density at radius 2 is 2.39 bits per heavy atom. The molecule has 0 unspecified atom stereocenters.